The summed E-state index contributed by atoms with van der Waals surface area (Å²) in [6.07, 6.45) is 13.0. The lowest BCUT2D eigenvalue weighted by Gasteiger charge is -2.33. The number of unbranched alkanes of at least 4 members (excludes halogenated alkanes) is 6. The van der Waals surface area contributed by atoms with Crippen LogP contribution < -0.4 is 0 Å². The van der Waals surface area contributed by atoms with Gasteiger partial charge in [-0.2, -0.15) is 0 Å². The van der Waals surface area contributed by atoms with Crippen LogP contribution in [0, 0.1) is 0 Å². The zero-order valence-electron chi connectivity index (χ0n) is 24.8. The number of hydrogen-bond donors (Lipinski definition) is 0. The Kier molecular flexibility index (Phi) is 7.03. The van der Waals surface area contributed by atoms with Crippen molar-refractivity contribution in [2.75, 3.05) is 0 Å². The van der Waals surface area contributed by atoms with Gasteiger partial charge in [0, 0.05) is 5.41 Å². The minimum absolute atomic E-state index is 0.118. The van der Waals surface area contributed by atoms with E-state index >= 15 is 0 Å². The highest BCUT2D eigenvalue weighted by Gasteiger charge is 2.42. The molecular formula is C41H42. The van der Waals surface area contributed by atoms with Gasteiger partial charge in [0.05, 0.1) is 0 Å². The zero-order chi connectivity index (χ0) is 27.8. The summed E-state index contributed by atoms with van der Waals surface area (Å²) in [5.74, 6) is 0. The van der Waals surface area contributed by atoms with Gasteiger partial charge >= 0.3 is 0 Å². The smallest absolute Gasteiger partial charge is 0.0215 e. The SMILES string of the molecule is CCCCCCC1(CCCCCC)c2ccccc2-c2ccc(-c3ccc4ccc5cccc6ccc3c4c56)cc21. The average molecular weight is 535 g/mol. The molecule has 0 fully saturated rings. The quantitative estimate of drug-likeness (QED) is 0.114. The largest absolute Gasteiger partial charge is 0.0654 e. The van der Waals surface area contributed by atoms with Gasteiger partial charge in [-0.05, 0) is 84.6 Å². The third kappa shape index (κ3) is 4.35. The van der Waals surface area contributed by atoms with Crippen molar-refractivity contribution in [2.24, 2.45) is 0 Å². The van der Waals surface area contributed by atoms with Crippen LogP contribution in [0.4, 0.5) is 0 Å². The maximum atomic E-state index is 2.60. The molecule has 7 rings (SSSR count). The van der Waals surface area contributed by atoms with Crippen molar-refractivity contribution in [1.82, 2.24) is 0 Å². The Bertz CT molecular complexity index is 1790. The van der Waals surface area contributed by atoms with E-state index in [1.807, 2.05) is 0 Å². The van der Waals surface area contributed by atoms with Gasteiger partial charge in [-0.15, -0.1) is 0 Å². The van der Waals surface area contributed by atoms with E-state index in [0.29, 0.717) is 0 Å². The fraction of sp³-hybridized carbons (Fsp3) is 0.317. The Morgan fingerprint density at radius 1 is 0.463 bits per heavy atom. The molecule has 0 radical (unpaired) electrons. The number of hydrogen-bond acceptors (Lipinski definition) is 0. The van der Waals surface area contributed by atoms with E-state index in [1.165, 1.54) is 119 Å². The second-order valence-corrected chi connectivity index (χ2v) is 12.5. The Hall–Kier alpha value is -3.64. The normalized spacial score (nSPS) is 13.8. The lowest BCUT2D eigenvalue weighted by Crippen LogP contribution is -2.25. The maximum absolute atomic E-state index is 2.60. The second kappa shape index (κ2) is 11.0. The summed E-state index contributed by atoms with van der Waals surface area (Å²) in [5, 5.41) is 8.19. The minimum atomic E-state index is 0.118. The van der Waals surface area contributed by atoms with Gasteiger partial charge < -0.3 is 0 Å². The first-order valence-corrected chi connectivity index (χ1v) is 16.2. The van der Waals surface area contributed by atoms with Crippen LogP contribution in [-0.4, -0.2) is 0 Å². The van der Waals surface area contributed by atoms with Crippen molar-refractivity contribution in [2.45, 2.75) is 83.5 Å². The van der Waals surface area contributed by atoms with Crippen LogP contribution in [0.25, 0.3) is 54.6 Å². The van der Waals surface area contributed by atoms with Crippen molar-refractivity contribution in [1.29, 1.82) is 0 Å². The fourth-order valence-electron chi connectivity index (χ4n) is 7.98. The summed E-state index contributed by atoms with van der Waals surface area (Å²) < 4.78 is 0. The molecule has 0 heteroatoms. The Balaban J connectivity index is 1.40. The van der Waals surface area contributed by atoms with Gasteiger partial charge in [0.1, 0.15) is 0 Å². The van der Waals surface area contributed by atoms with Crippen LogP contribution in [-0.2, 0) is 5.41 Å². The van der Waals surface area contributed by atoms with Gasteiger partial charge in [-0.3, -0.25) is 0 Å². The van der Waals surface area contributed by atoms with Gasteiger partial charge in [-0.25, -0.2) is 0 Å². The zero-order valence-corrected chi connectivity index (χ0v) is 24.8. The molecule has 6 aromatic rings. The number of rotatable bonds is 11. The van der Waals surface area contributed by atoms with Crippen molar-refractivity contribution in [3.63, 3.8) is 0 Å². The molecule has 0 heterocycles. The van der Waals surface area contributed by atoms with Gasteiger partial charge in [0.15, 0.2) is 0 Å². The first kappa shape index (κ1) is 26.3. The predicted octanol–water partition coefficient (Wildman–Crippen LogP) is 12.5. The molecule has 0 nitrogen and oxygen atoms in total. The molecule has 1 aliphatic carbocycles. The van der Waals surface area contributed by atoms with E-state index in [1.54, 1.807) is 11.1 Å². The lowest BCUT2D eigenvalue weighted by atomic mass is 9.70. The van der Waals surface area contributed by atoms with Crippen molar-refractivity contribution in [3.05, 3.63) is 108 Å². The molecule has 0 saturated carbocycles. The number of benzene rings is 6. The minimum Gasteiger partial charge on any atom is -0.0654 e. The molecule has 0 unspecified atom stereocenters. The third-order valence-electron chi connectivity index (χ3n) is 10.0. The Morgan fingerprint density at radius 2 is 1.07 bits per heavy atom. The van der Waals surface area contributed by atoms with Gasteiger partial charge in [-0.1, -0.05) is 156 Å². The molecule has 0 bridgehead atoms. The summed E-state index contributed by atoms with van der Waals surface area (Å²) in [4.78, 5) is 0. The van der Waals surface area contributed by atoms with Crippen molar-refractivity contribution >= 4 is 32.3 Å². The van der Waals surface area contributed by atoms with Crippen LogP contribution in [0.5, 0.6) is 0 Å². The molecule has 0 spiro atoms. The maximum Gasteiger partial charge on any atom is 0.0215 e. The fourth-order valence-corrected chi connectivity index (χ4v) is 7.98. The van der Waals surface area contributed by atoms with Crippen LogP contribution >= 0.6 is 0 Å². The van der Waals surface area contributed by atoms with E-state index in [0.717, 1.165) is 0 Å². The molecule has 0 aromatic heterocycles. The standard InChI is InChI=1S/C41H42/c1-3-5-7-11-26-41(27-12-8-6-4-2)37-17-10-9-16-34(37)35-24-22-32(28-38(35)41)33-23-20-31-19-18-29-14-13-15-30-21-25-36(33)40(31)39(29)30/h9-10,13-25,28H,3-8,11-12,26-27H2,1-2H3. The molecular weight excluding hydrogens is 492 g/mol. The second-order valence-electron chi connectivity index (χ2n) is 12.5. The summed E-state index contributed by atoms with van der Waals surface area (Å²) in [6, 6.07) is 37.5. The monoisotopic (exact) mass is 534 g/mol. The van der Waals surface area contributed by atoms with E-state index in [9.17, 15) is 0 Å². The summed E-state index contributed by atoms with van der Waals surface area (Å²) in [5.41, 5.74) is 8.93. The van der Waals surface area contributed by atoms with Gasteiger partial charge in [0.2, 0.25) is 0 Å². The number of fused-ring (bicyclic) bond motifs is 3. The molecule has 0 aliphatic heterocycles. The van der Waals surface area contributed by atoms with E-state index < -0.39 is 0 Å². The first-order chi connectivity index (χ1) is 20.2. The molecule has 0 saturated heterocycles. The van der Waals surface area contributed by atoms with Crippen LogP contribution in [0.15, 0.2) is 97.1 Å². The van der Waals surface area contributed by atoms with E-state index in [2.05, 4.69) is 111 Å². The molecule has 0 N–H and O–H groups in total. The highest BCUT2D eigenvalue weighted by molar-refractivity contribution is 6.25. The Morgan fingerprint density at radius 3 is 1.80 bits per heavy atom. The summed E-state index contributed by atoms with van der Waals surface area (Å²) in [7, 11) is 0. The molecule has 0 amide bonds. The summed E-state index contributed by atoms with van der Waals surface area (Å²) >= 11 is 0. The molecule has 41 heavy (non-hydrogen) atoms. The predicted molar refractivity (Wildman–Crippen MR) is 179 cm³/mol. The summed E-state index contributed by atoms with van der Waals surface area (Å²) in [6.45, 7) is 4.65. The van der Waals surface area contributed by atoms with Crippen LogP contribution in [0.1, 0.15) is 89.2 Å². The van der Waals surface area contributed by atoms with Crippen LogP contribution in [0.2, 0.25) is 0 Å². The average Bonchev–Trinajstić information content (AvgIpc) is 3.29. The van der Waals surface area contributed by atoms with Crippen molar-refractivity contribution in [3.8, 4) is 22.3 Å². The molecule has 206 valence electrons. The molecule has 0 atom stereocenters. The highest BCUT2D eigenvalue weighted by atomic mass is 14.4. The third-order valence-corrected chi connectivity index (χ3v) is 10.0. The Labute approximate surface area is 245 Å². The van der Waals surface area contributed by atoms with E-state index in [-0.39, 0.29) is 5.41 Å². The molecule has 6 aromatic carbocycles. The van der Waals surface area contributed by atoms with E-state index in [4.69, 9.17) is 0 Å². The van der Waals surface area contributed by atoms with Gasteiger partial charge in [0.25, 0.3) is 0 Å². The lowest BCUT2D eigenvalue weighted by molar-refractivity contribution is 0.401. The first-order valence-electron chi connectivity index (χ1n) is 16.2. The van der Waals surface area contributed by atoms with Crippen molar-refractivity contribution < 1.29 is 0 Å². The molecule has 1 aliphatic rings. The highest BCUT2D eigenvalue weighted by Crippen LogP contribution is 2.55. The van der Waals surface area contributed by atoms with Crippen LogP contribution in [0.3, 0.4) is 0 Å². The topological polar surface area (TPSA) is 0 Å².